The Labute approximate surface area is 204 Å². The Hall–Kier alpha value is -4.52. The second-order valence-electron chi connectivity index (χ2n) is 7.91. The van der Waals surface area contributed by atoms with Crippen LogP contribution in [0.3, 0.4) is 0 Å². The van der Waals surface area contributed by atoms with Gasteiger partial charge in [-0.25, -0.2) is 4.79 Å². The number of hydrogen-bond acceptors (Lipinski definition) is 5. The third-order valence-corrected chi connectivity index (χ3v) is 5.48. The van der Waals surface area contributed by atoms with Gasteiger partial charge in [-0.3, -0.25) is 14.8 Å². The molecule has 0 fully saturated rings. The highest BCUT2D eigenvalue weighted by molar-refractivity contribution is 5.99. The SMILES string of the molecule is C[C@H](OC(=O)NCc1ccccc1-c1cccnc1C(=O)NCc1cccnc1)c1ccccc1. The van der Waals surface area contributed by atoms with Gasteiger partial charge in [-0.15, -0.1) is 0 Å². The van der Waals surface area contributed by atoms with E-state index in [1.54, 1.807) is 24.7 Å². The van der Waals surface area contributed by atoms with Gasteiger partial charge in [0.2, 0.25) is 0 Å². The van der Waals surface area contributed by atoms with E-state index in [1.807, 2.05) is 79.7 Å². The first-order valence-corrected chi connectivity index (χ1v) is 11.3. The van der Waals surface area contributed by atoms with Crippen LogP contribution in [0, 0.1) is 0 Å². The van der Waals surface area contributed by atoms with Crippen molar-refractivity contribution in [1.29, 1.82) is 0 Å². The zero-order valence-corrected chi connectivity index (χ0v) is 19.3. The Morgan fingerprint density at radius 3 is 2.37 bits per heavy atom. The van der Waals surface area contributed by atoms with Gasteiger partial charge in [0, 0.05) is 37.2 Å². The van der Waals surface area contributed by atoms with Crippen LogP contribution in [0.2, 0.25) is 0 Å². The molecule has 2 heterocycles. The normalized spacial score (nSPS) is 11.3. The van der Waals surface area contributed by atoms with E-state index in [9.17, 15) is 9.59 Å². The summed E-state index contributed by atoms with van der Waals surface area (Å²) in [5.41, 5.74) is 4.45. The van der Waals surface area contributed by atoms with Gasteiger partial charge < -0.3 is 15.4 Å². The molecule has 176 valence electrons. The molecule has 35 heavy (non-hydrogen) atoms. The van der Waals surface area contributed by atoms with Gasteiger partial charge in [0.05, 0.1) is 0 Å². The minimum absolute atomic E-state index is 0.238. The fourth-order valence-corrected chi connectivity index (χ4v) is 3.67. The fourth-order valence-electron chi connectivity index (χ4n) is 3.67. The van der Waals surface area contributed by atoms with Crippen LogP contribution in [0.25, 0.3) is 11.1 Å². The van der Waals surface area contributed by atoms with Crippen LogP contribution in [0.5, 0.6) is 0 Å². The molecule has 2 N–H and O–H groups in total. The lowest BCUT2D eigenvalue weighted by Gasteiger charge is -2.16. The maximum Gasteiger partial charge on any atom is 0.408 e. The number of amides is 2. The smallest absolute Gasteiger partial charge is 0.408 e. The van der Waals surface area contributed by atoms with Crippen molar-refractivity contribution >= 4 is 12.0 Å². The molecule has 0 aliphatic rings. The summed E-state index contributed by atoms with van der Waals surface area (Å²) in [5, 5.41) is 5.72. The standard InChI is InChI=1S/C28H26N4O3/c1-20(22-10-3-2-4-11-22)35-28(34)32-19-23-12-5-6-13-24(23)25-14-8-16-30-26(25)27(33)31-18-21-9-7-15-29-17-21/h2-17,20H,18-19H2,1H3,(H,31,33)(H,32,34)/t20-/m0/s1. The molecule has 0 aliphatic heterocycles. The number of aromatic nitrogens is 2. The van der Waals surface area contributed by atoms with Gasteiger partial charge in [0.15, 0.2) is 0 Å². The topological polar surface area (TPSA) is 93.2 Å². The highest BCUT2D eigenvalue weighted by Crippen LogP contribution is 2.26. The molecule has 0 spiro atoms. The summed E-state index contributed by atoms with van der Waals surface area (Å²) >= 11 is 0. The van der Waals surface area contributed by atoms with E-state index in [-0.39, 0.29) is 18.6 Å². The van der Waals surface area contributed by atoms with Crippen molar-refractivity contribution in [2.45, 2.75) is 26.1 Å². The van der Waals surface area contributed by atoms with Crippen LogP contribution in [-0.2, 0) is 17.8 Å². The van der Waals surface area contributed by atoms with Crippen LogP contribution in [0.4, 0.5) is 4.79 Å². The quantitative estimate of drug-likeness (QED) is 0.379. The van der Waals surface area contributed by atoms with Crippen molar-refractivity contribution in [3.05, 3.63) is 120 Å². The molecule has 0 unspecified atom stereocenters. The number of carbonyl (C=O) groups is 2. The Morgan fingerprint density at radius 2 is 1.57 bits per heavy atom. The Bertz CT molecular complexity index is 1280. The van der Waals surface area contributed by atoms with Crippen molar-refractivity contribution in [2.75, 3.05) is 0 Å². The number of alkyl carbamates (subject to hydrolysis) is 1. The summed E-state index contributed by atoms with van der Waals surface area (Å²) in [6.07, 6.45) is 4.09. The van der Waals surface area contributed by atoms with E-state index < -0.39 is 6.09 Å². The first kappa shape index (κ1) is 23.6. The van der Waals surface area contributed by atoms with Crippen LogP contribution >= 0.6 is 0 Å². The summed E-state index contributed by atoms with van der Waals surface area (Å²) in [5.74, 6) is -0.289. The molecule has 1 atom stereocenters. The predicted octanol–water partition coefficient (Wildman–Crippen LogP) is 5.06. The molecule has 0 saturated heterocycles. The maximum atomic E-state index is 13.0. The lowest BCUT2D eigenvalue weighted by molar-refractivity contribution is 0.0946. The lowest BCUT2D eigenvalue weighted by Crippen LogP contribution is -2.26. The number of pyridine rings is 2. The number of hydrogen-bond donors (Lipinski definition) is 2. The summed E-state index contributed by atoms with van der Waals surface area (Å²) in [6, 6.07) is 24.5. The van der Waals surface area contributed by atoms with Gasteiger partial charge in [0.25, 0.3) is 5.91 Å². The fraction of sp³-hybridized carbons (Fsp3) is 0.143. The minimum atomic E-state index is -0.517. The average molecular weight is 467 g/mol. The van der Waals surface area contributed by atoms with Crippen LogP contribution < -0.4 is 10.6 Å². The number of ether oxygens (including phenoxy) is 1. The Balaban J connectivity index is 1.46. The Kier molecular flexibility index (Phi) is 7.81. The van der Waals surface area contributed by atoms with E-state index in [4.69, 9.17) is 4.74 Å². The van der Waals surface area contributed by atoms with Crippen molar-refractivity contribution in [3.63, 3.8) is 0 Å². The van der Waals surface area contributed by atoms with E-state index >= 15 is 0 Å². The average Bonchev–Trinajstić information content (AvgIpc) is 2.92. The number of rotatable bonds is 8. The number of carbonyl (C=O) groups excluding carboxylic acids is 2. The molecule has 7 nitrogen and oxygen atoms in total. The van der Waals surface area contributed by atoms with Gasteiger partial charge in [-0.2, -0.15) is 0 Å². The van der Waals surface area contributed by atoms with E-state index in [1.165, 1.54) is 0 Å². The van der Waals surface area contributed by atoms with E-state index in [0.29, 0.717) is 17.8 Å². The van der Waals surface area contributed by atoms with Gasteiger partial charge in [-0.05, 0) is 41.3 Å². The molecule has 4 aromatic rings. The third-order valence-electron chi connectivity index (χ3n) is 5.48. The lowest BCUT2D eigenvalue weighted by atomic mass is 9.98. The molecular formula is C28H26N4O3. The molecule has 2 amide bonds. The zero-order valence-electron chi connectivity index (χ0n) is 19.3. The maximum absolute atomic E-state index is 13.0. The number of nitrogens with one attached hydrogen (secondary N) is 2. The second kappa shape index (κ2) is 11.6. The summed E-state index contributed by atoms with van der Waals surface area (Å²) in [7, 11) is 0. The van der Waals surface area contributed by atoms with Gasteiger partial charge in [-0.1, -0.05) is 66.7 Å². The van der Waals surface area contributed by atoms with Crippen molar-refractivity contribution < 1.29 is 14.3 Å². The molecule has 4 rings (SSSR count). The van der Waals surface area contributed by atoms with Crippen molar-refractivity contribution in [1.82, 2.24) is 20.6 Å². The van der Waals surface area contributed by atoms with E-state index in [0.717, 1.165) is 22.3 Å². The molecular weight excluding hydrogens is 440 g/mol. The molecule has 2 aromatic heterocycles. The molecule has 0 bridgehead atoms. The molecule has 7 heteroatoms. The summed E-state index contributed by atoms with van der Waals surface area (Å²) in [4.78, 5) is 33.8. The highest BCUT2D eigenvalue weighted by atomic mass is 16.6. The highest BCUT2D eigenvalue weighted by Gasteiger charge is 2.17. The molecule has 0 aliphatic carbocycles. The summed E-state index contributed by atoms with van der Waals surface area (Å²) < 4.78 is 5.51. The summed E-state index contributed by atoms with van der Waals surface area (Å²) in [6.45, 7) is 2.41. The zero-order chi connectivity index (χ0) is 24.5. The second-order valence-corrected chi connectivity index (χ2v) is 7.91. The van der Waals surface area contributed by atoms with Crippen LogP contribution in [-0.4, -0.2) is 22.0 Å². The first-order chi connectivity index (χ1) is 17.1. The first-order valence-electron chi connectivity index (χ1n) is 11.3. The monoisotopic (exact) mass is 466 g/mol. The minimum Gasteiger partial charge on any atom is -0.442 e. The number of benzene rings is 2. The van der Waals surface area contributed by atoms with Gasteiger partial charge >= 0.3 is 6.09 Å². The van der Waals surface area contributed by atoms with Crippen molar-refractivity contribution in [2.24, 2.45) is 0 Å². The predicted molar refractivity (Wildman–Crippen MR) is 133 cm³/mol. The van der Waals surface area contributed by atoms with Crippen LogP contribution in [0.1, 0.15) is 40.2 Å². The van der Waals surface area contributed by atoms with E-state index in [2.05, 4.69) is 20.6 Å². The van der Waals surface area contributed by atoms with Gasteiger partial charge in [0.1, 0.15) is 11.8 Å². The molecule has 2 aromatic carbocycles. The third kappa shape index (κ3) is 6.29. The van der Waals surface area contributed by atoms with Crippen molar-refractivity contribution in [3.8, 4) is 11.1 Å². The molecule has 0 radical (unpaired) electrons. The number of nitrogens with zero attached hydrogens (tertiary/aromatic N) is 2. The van der Waals surface area contributed by atoms with Crippen LogP contribution in [0.15, 0.2) is 97.5 Å². The Morgan fingerprint density at radius 1 is 0.829 bits per heavy atom. The largest absolute Gasteiger partial charge is 0.442 e. The molecule has 0 saturated carbocycles.